The number of ether oxygens (including phenoxy) is 2. The Morgan fingerprint density at radius 2 is 1.77 bits per heavy atom. The van der Waals surface area contributed by atoms with E-state index in [0.29, 0.717) is 15.9 Å². The summed E-state index contributed by atoms with van der Waals surface area (Å²) < 4.78 is 37.7. The predicted molar refractivity (Wildman–Crippen MR) is 103 cm³/mol. The molecule has 0 fully saturated rings. The highest BCUT2D eigenvalue weighted by Crippen LogP contribution is 2.31. The number of hydrogen-bond donors (Lipinski definition) is 0. The zero-order chi connectivity index (χ0) is 19.5. The fraction of sp³-hybridized carbons (Fsp3) is 0.278. The molecule has 0 bridgehead atoms. The van der Waals surface area contributed by atoms with Crippen LogP contribution in [0.1, 0.15) is 11.1 Å². The van der Waals surface area contributed by atoms with E-state index in [1.165, 1.54) is 26.4 Å². The fourth-order valence-corrected chi connectivity index (χ4v) is 4.43. The van der Waals surface area contributed by atoms with Crippen molar-refractivity contribution in [2.24, 2.45) is 0 Å². The Bertz CT molecular complexity index is 927. The molecule has 2 aromatic carbocycles. The lowest BCUT2D eigenvalue weighted by atomic mass is 10.1. The van der Waals surface area contributed by atoms with Crippen LogP contribution in [0.2, 0.25) is 0 Å². The van der Waals surface area contributed by atoms with E-state index < -0.39 is 22.5 Å². The van der Waals surface area contributed by atoms with E-state index in [2.05, 4.69) is 20.7 Å². The number of halogens is 1. The molecular weight excluding hydrogens is 422 g/mol. The summed E-state index contributed by atoms with van der Waals surface area (Å²) in [6.07, 6.45) is 0. The van der Waals surface area contributed by atoms with Crippen molar-refractivity contribution in [2.75, 3.05) is 25.1 Å². The SMILES string of the molecule is COC(=O)CN(c1ccc(C)c(C)c1)S(=O)(=O)c1ccc(OC)c(Br)c1. The van der Waals surface area contributed by atoms with Gasteiger partial charge in [-0.25, -0.2) is 8.42 Å². The molecular formula is C18H20BrNO5S. The lowest BCUT2D eigenvalue weighted by Gasteiger charge is -2.24. The number of anilines is 1. The van der Waals surface area contributed by atoms with Gasteiger partial charge in [-0.2, -0.15) is 0 Å². The quantitative estimate of drug-likeness (QED) is 0.641. The smallest absolute Gasteiger partial charge is 0.326 e. The average Bonchev–Trinajstić information content (AvgIpc) is 2.61. The van der Waals surface area contributed by atoms with Crippen molar-refractivity contribution in [1.29, 1.82) is 0 Å². The monoisotopic (exact) mass is 441 g/mol. The number of esters is 1. The number of nitrogens with zero attached hydrogens (tertiary/aromatic N) is 1. The van der Waals surface area contributed by atoms with Crippen LogP contribution in [0, 0.1) is 13.8 Å². The Balaban J connectivity index is 2.57. The summed E-state index contributed by atoms with van der Waals surface area (Å²) in [6.45, 7) is 3.38. The van der Waals surface area contributed by atoms with Gasteiger partial charge in [-0.1, -0.05) is 6.07 Å². The molecule has 0 saturated carbocycles. The number of carbonyl (C=O) groups excluding carboxylic acids is 1. The Morgan fingerprint density at radius 3 is 2.31 bits per heavy atom. The first-order chi connectivity index (χ1) is 12.2. The minimum atomic E-state index is -3.99. The van der Waals surface area contributed by atoms with Gasteiger partial charge < -0.3 is 9.47 Å². The molecule has 0 aromatic heterocycles. The molecule has 0 unspecified atom stereocenters. The van der Waals surface area contributed by atoms with Gasteiger partial charge in [0.25, 0.3) is 10.0 Å². The average molecular weight is 442 g/mol. The summed E-state index contributed by atoms with van der Waals surface area (Å²) in [7, 11) is -1.28. The molecule has 140 valence electrons. The van der Waals surface area contributed by atoms with Crippen molar-refractivity contribution in [3.63, 3.8) is 0 Å². The van der Waals surface area contributed by atoms with Crippen LogP contribution in [-0.4, -0.2) is 35.2 Å². The molecule has 0 aliphatic rings. The number of rotatable bonds is 6. The summed E-state index contributed by atoms with van der Waals surface area (Å²) in [5, 5.41) is 0. The minimum Gasteiger partial charge on any atom is -0.496 e. The predicted octanol–water partition coefficient (Wildman–Crippen LogP) is 3.44. The minimum absolute atomic E-state index is 0.0345. The van der Waals surface area contributed by atoms with E-state index >= 15 is 0 Å². The molecule has 0 radical (unpaired) electrons. The van der Waals surface area contributed by atoms with E-state index in [1.807, 2.05) is 19.9 Å². The van der Waals surface area contributed by atoms with E-state index in [4.69, 9.17) is 4.74 Å². The summed E-state index contributed by atoms with van der Waals surface area (Å²) in [5.41, 5.74) is 2.34. The first kappa shape index (κ1) is 20.3. The van der Waals surface area contributed by atoms with Crippen LogP contribution in [-0.2, 0) is 19.6 Å². The van der Waals surface area contributed by atoms with Crippen molar-refractivity contribution in [3.05, 3.63) is 52.0 Å². The van der Waals surface area contributed by atoms with Crippen molar-refractivity contribution in [1.82, 2.24) is 0 Å². The largest absolute Gasteiger partial charge is 0.496 e. The van der Waals surface area contributed by atoms with Crippen LogP contribution in [0.5, 0.6) is 5.75 Å². The lowest BCUT2D eigenvalue weighted by Crippen LogP contribution is -2.36. The summed E-state index contributed by atoms with van der Waals surface area (Å²) in [5.74, 6) is -0.144. The highest BCUT2D eigenvalue weighted by Gasteiger charge is 2.28. The molecule has 0 aliphatic carbocycles. The lowest BCUT2D eigenvalue weighted by molar-refractivity contribution is -0.138. The van der Waals surface area contributed by atoms with Crippen molar-refractivity contribution in [3.8, 4) is 5.75 Å². The number of methoxy groups -OCH3 is 2. The second-order valence-electron chi connectivity index (χ2n) is 5.65. The van der Waals surface area contributed by atoms with E-state index in [1.54, 1.807) is 18.2 Å². The molecule has 8 heteroatoms. The van der Waals surface area contributed by atoms with Crippen LogP contribution < -0.4 is 9.04 Å². The highest BCUT2D eigenvalue weighted by atomic mass is 79.9. The fourth-order valence-electron chi connectivity index (χ4n) is 2.31. The van der Waals surface area contributed by atoms with Crippen LogP contribution in [0.3, 0.4) is 0 Å². The number of benzene rings is 2. The maximum absolute atomic E-state index is 13.2. The number of carbonyl (C=O) groups is 1. The maximum Gasteiger partial charge on any atom is 0.326 e. The third-order valence-corrected chi connectivity index (χ3v) is 6.38. The first-order valence-electron chi connectivity index (χ1n) is 7.71. The molecule has 0 amide bonds. The Hall–Kier alpha value is -2.06. The van der Waals surface area contributed by atoms with Crippen LogP contribution in [0.25, 0.3) is 0 Å². The third kappa shape index (κ3) is 4.19. The van der Waals surface area contributed by atoms with E-state index in [-0.39, 0.29) is 4.90 Å². The van der Waals surface area contributed by atoms with Gasteiger partial charge in [-0.05, 0) is 71.2 Å². The Morgan fingerprint density at radius 1 is 1.08 bits per heavy atom. The first-order valence-corrected chi connectivity index (χ1v) is 9.94. The molecule has 0 saturated heterocycles. The standard InChI is InChI=1S/C18H20BrNO5S/c1-12-5-6-14(9-13(12)2)20(11-18(21)25-4)26(22,23)15-7-8-17(24-3)16(19)10-15/h5-10H,11H2,1-4H3. The molecule has 0 N–H and O–H groups in total. The van der Waals surface area contributed by atoms with Gasteiger partial charge in [0.05, 0.1) is 29.3 Å². The van der Waals surface area contributed by atoms with Gasteiger partial charge in [-0.3, -0.25) is 9.10 Å². The van der Waals surface area contributed by atoms with Gasteiger partial charge in [0.2, 0.25) is 0 Å². The van der Waals surface area contributed by atoms with Gasteiger partial charge >= 0.3 is 5.97 Å². The van der Waals surface area contributed by atoms with Gasteiger partial charge in [0.15, 0.2) is 0 Å². The summed E-state index contributed by atoms with van der Waals surface area (Å²) in [6, 6.07) is 9.64. The molecule has 2 rings (SSSR count). The van der Waals surface area contributed by atoms with Gasteiger partial charge in [0, 0.05) is 0 Å². The molecule has 0 aliphatic heterocycles. The van der Waals surface area contributed by atoms with Gasteiger partial charge in [-0.15, -0.1) is 0 Å². The van der Waals surface area contributed by atoms with Crippen molar-refractivity contribution >= 4 is 37.6 Å². The normalized spacial score (nSPS) is 11.1. The van der Waals surface area contributed by atoms with Crippen LogP contribution in [0.15, 0.2) is 45.8 Å². The second-order valence-corrected chi connectivity index (χ2v) is 8.37. The molecule has 26 heavy (non-hydrogen) atoms. The number of sulfonamides is 1. The van der Waals surface area contributed by atoms with E-state index in [9.17, 15) is 13.2 Å². The van der Waals surface area contributed by atoms with Crippen molar-refractivity contribution < 1.29 is 22.7 Å². The van der Waals surface area contributed by atoms with E-state index in [0.717, 1.165) is 15.4 Å². The number of hydrogen-bond acceptors (Lipinski definition) is 5. The maximum atomic E-state index is 13.2. The second kappa shape index (κ2) is 8.09. The third-order valence-electron chi connectivity index (χ3n) is 3.99. The molecule has 2 aromatic rings. The van der Waals surface area contributed by atoms with Crippen molar-refractivity contribution in [2.45, 2.75) is 18.7 Å². The van der Waals surface area contributed by atoms with Crippen LogP contribution >= 0.6 is 15.9 Å². The number of aryl methyl sites for hydroxylation is 2. The van der Waals surface area contributed by atoms with Gasteiger partial charge in [0.1, 0.15) is 12.3 Å². The highest BCUT2D eigenvalue weighted by molar-refractivity contribution is 9.10. The zero-order valence-electron chi connectivity index (χ0n) is 14.9. The van der Waals surface area contributed by atoms with Crippen LogP contribution in [0.4, 0.5) is 5.69 Å². The molecule has 0 heterocycles. The Kier molecular flexibility index (Phi) is 6.30. The summed E-state index contributed by atoms with van der Waals surface area (Å²) >= 11 is 3.29. The molecule has 0 atom stereocenters. The summed E-state index contributed by atoms with van der Waals surface area (Å²) in [4.78, 5) is 11.9. The molecule has 0 spiro atoms. The zero-order valence-corrected chi connectivity index (χ0v) is 17.3. The molecule has 6 nitrogen and oxygen atoms in total. The topological polar surface area (TPSA) is 72.9 Å². The Labute approximate surface area is 161 Å².